The first kappa shape index (κ1) is 18.7. The van der Waals surface area contributed by atoms with E-state index in [4.69, 9.17) is 9.26 Å². The number of hydrogen-bond donors (Lipinski definition) is 0. The predicted octanol–water partition coefficient (Wildman–Crippen LogP) is 3.34. The second-order valence-electron chi connectivity index (χ2n) is 6.10. The first-order chi connectivity index (χ1) is 13.1. The molecule has 2 aromatic carbocycles. The second-order valence-corrected chi connectivity index (χ2v) is 6.10. The fraction of sp³-hybridized carbons (Fsp3) is 0.250. The summed E-state index contributed by atoms with van der Waals surface area (Å²) in [5.74, 6) is 0.448. The zero-order valence-corrected chi connectivity index (χ0v) is 15.2. The fourth-order valence-electron chi connectivity index (χ4n) is 2.62. The molecule has 0 N–H and O–H groups in total. The Kier molecular flexibility index (Phi) is 5.93. The van der Waals surface area contributed by atoms with Crippen LogP contribution in [0.1, 0.15) is 22.1 Å². The molecule has 6 nitrogen and oxygen atoms in total. The topological polar surface area (TPSA) is 68.5 Å². The zero-order chi connectivity index (χ0) is 19.2. The average Bonchev–Trinajstić information content (AvgIpc) is 3.13. The second kappa shape index (κ2) is 8.55. The third kappa shape index (κ3) is 4.77. The molecule has 0 fully saturated rings. The van der Waals surface area contributed by atoms with E-state index in [0.717, 1.165) is 11.1 Å². The Labute approximate surface area is 156 Å². The summed E-state index contributed by atoms with van der Waals surface area (Å²) in [6, 6.07) is 13.4. The van der Waals surface area contributed by atoms with Crippen molar-refractivity contribution >= 4 is 5.91 Å². The molecule has 0 aliphatic rings. The number of hydrogen-bond acceptors (Lipinski definition) is 5. The molecule has 140 valence electrons. The molecule has 7 heteroatoms. The number of methoxy groups -OCH3 is 1. The number of ether oxygens (including phenoxy) is 1. The molecule has 27 heavy (non-hydrogen) atoms. The number of amides is 1. The van der Waals surface area contributed by atoms with Gasteiger partial charge < -0.3 is 14.2 Å². The number of rotatable bonds is 7. The van der Waals surface area contributed by atoms with Crippen molar-refractivity contribution in [1.29, 1.82) is 0 Å². The summed E-state index contributed by atoms with van der Waals surface area (Å²) in [5, 5.41) is 3.87. The molecule has 1 amide bonds. The number of carbonyl (C=O) groups is 1. The van der Waals surface area contributed by atoms with Crippen LogP contribution in [0.2, 0.25) is 0 Å². The molecule has 0 aliphatic carbocycles. The molecular weight excluding hydrogens is 349 g/mol. The lowest BCUT2D eigenvalue weighted by atomic mass is 10.0. The van der Waals surface area contributed by atoms with Crippen molar-refractivity contribution < 1.29 is 18.4 Å². The van der Waals surface area contributed by atoms with Gasteiger partial charge in [-0.1, -0.05) is 29.4 Å². The van der Waals surface area contributed by atoms with E-state index >= 15 is 0 Å². The van der Waals surface area contributed by atoms with Crippen molar-refractivity contribution in [3.05, 3.63) is 71.6 Å². The number of nitrogens with zero attached hydrogens (tertiary/aromatic N) is 3. The maximum absolute atomic E-state index is 13.1. The number of benzene rings is 2. The van der Waals surface area contributed by atoms with Crippen LogP contribution in [-0.2, 0) is 17.7 Å². The zero-order valence-electron chi connectivity index (χ0n) is 15.2. The van der Waals surface area contributed by atoms with E-state index in [0.29, 0.717) is 30.3 Å². The van der Waals surface area contributed by atoms with Crippen LogP contribution in [0.4, 0.5) is 4.39 Å². The Balaban J connectivity index is 1.70. The third-order valence-electron chi connectivity index (χ3n) is 4.05. The van der Waals surface area contributed by atoms with Crippen molar-refractivity contribution in [2.24, 2.45) is 0 Å². The lowest BCUT2D eigenvalue weighted by Gasteiger charge is -2.15. The van der Waals surface area contributed by atoms with E-state index < -0.39 is 0 Å². The van der Waals surface area contributed by atoms with E-state index in [1.807, 2.05) is 6.07 Å². The van der Waals surface area contributed by atoms with Crippen LogP contribution in [0, 0.1) is 5.82 Å². The van der Waals surface area contributed by atoms with Crippen molar-refractivity contribution in [3.63, 3.8) is 0 Å². The van der Waals surface area contributed by atoms with Crippen LogP contribution in [0.25, 0.3) is 11.1 Å². The molecule has 1 heterocycles. The molecule has 0 bridgehead atoms. The number of carbonyl (C=O) groups excluding carboxylic acids is 1. The molecular formula is C20H20FN3O3. The minimum absolute atomic E-state index is 0.171. The van der Waals surface area contributed by atoms with Gasteiger partial charge in [0.2, 0.25) is 5.89 Å². The first-order valence-electron chi connectivity index (χ1n) is 8.48. The van der Waals surface area contributed by atoms with Gasteiger partial charge in [0.1, 0.15) is 5.82 Å². The standard InChI is InChI=1S/C20H20FN3O3/c1-24(13-19-22-18(23-27-19)10-11-26-2)20(25)16-5-3-4-15(12-16)14-6-8-17(21)9-7-14/h3-9,12H,10-11,13H2,1-2H3. The lowest BCUT2D eigenvalue weighted by Crippen LogP contribution is -2.26. The van der Waals surface area contributed by atoms with Crippen molar-refractivity contribution in [2.45, 2.75) is 13.0 Å². The van der Waals surface area contributed by atoms with Crippen molar-refractivity contribution in [3.8, 4) is 11.1 Å². The molecule has 0 atom stereocenters. The predicted molar refractivity (Wildman–Crippen MR) is 97.5 cm³/mol. The van der Waals surface area contributed by atoms with Gasteiger partial charge in [0.05, 0.1) is 13.2 Å². The van der Waals surface area contributed by atoms with Gasteiger partial charge in [0, 0.05) is 26.1 Å². The van der Waals surface area contributed by atoms with Crippen LogP contribution >= 0.6 is 0 Å². The maximum Gasteiger partial charge on any atom is 0.254 e. The molecule has 0 saturated carbocycles. The minimum atomic E-state index is -0.296. The Morgan fingerprint density at radius 3 is 2.70 bits per heavy atom. The van der Waals surface area contributed by atoms with E-state index in [2.05, 4.69) is 10.1 Å². The van der Waals surface area contributed by atoms with Crippen LogP contribution in [0.5, 0.6) is 0 Å². The van der Waals surface area contributed by atoms with Gasteiger partial charge >= 0.3 is 0 Å². The van der Waals surface area contributed by atoms with Crippen LogP contribution in [-0.4, -0.2) is 41.7 Å². The Hall–Kier alpha value is -3.06. The monoisotopic (exact) mass is 369 g/mol. The molecule has 3 rings (SSSR count). The molecule has 0 aliphatic heterocycles. The fourth-order valence-corrected chi connectivity index (χ4v) is 2.62. The summed E-state index contributed by atoms with van der Waals surface area (Å²) in [7, 11) is 3.28. The Morgan fingerprint density at radius 1 is 1.19 bits per heavy atom. The molecule has 3 aromatic rings. The van der Waals surface area contributed by atoms with Gasteiger partial charge in [-0.25, -0.2) is 4.39 Å². The largest absolute Gasteiger partial charge is 0.384 e. The smallest absolute Gasteiger partial charge is 0.254 e. The molecule has 0 radical (unpaired) electrons. The van der Waals surface area contributed by atoms with Gasteiger partial charge in [0.25, 0.3) is 5.91 Å². The maximum atomic E-state index is 13.1. The highest BCUT2D eigenvalue weighted by Crippen LogP contribution is 2.21. The Bertz CT molecular complexity index is 909. The van der Waals surface area contributed by atoms with Gasteiger partial charge in [0.15, 0.2) is 5.82 Å². The highest BCUT2D eigenvalue weighted by Gasteiger charge is 2.16. The van der Waals surface area contributed by atoms with Gasteiger partial charge in [-0.05, 0) is 35.4 Å². The van der Waals surface area contributed by atoms with Crippen molar-refractivity contribution in [2.75, 3.05) is 20.8 Å². The quantitative estimate of drug-likeness (QED) is 0.639. The minimum Gasteiger partial charge on any atom is -0.384 e. The first-order valence-corrected chi connectivity index (χ1v) is 8.48. The van der Waals surface area contributed by atoms with Gasteiger partial charge in [-0.15, -0.1) is 0 Å². The summed E-state index contributed by atoms with van der Waals surface area (Å²) in [5.41, 5.74) is 2.21. The van der Waals surface area contributed by atoms with E-state index in [1.54, 1.807) is 44.5 Å². The third-order valence-corrected chi connectivity index (χ3v) is 4.05. The van der Waals surface area contributed by atoms with Gasteiger partial charge in [-0.2, -0.15) is 4.98 Å². The number of aromatic nitrogens is 2. The highest BCUT2D eigenvalue weighted by molar-refractivity contribution is 5.95. The molecule has 0 spiro atoms. The Morgan fingerprint density at radius 2 is 1.96 bits per heavy atom. The van der Waals surface area contributed by atoms with Gasteiger partial charge in [-0.3, -0.25) is 4.79 Å². The summed E-state index contributed by atoms with van der Waals surface area (Å²) in [6.07, 6.45) is 0.553. The normalized spacial score (nSPS) is 10.8. The summed E-state index contributed by atoms with van der Waals surface area (Å²) >= 11 is 0. The van der Waals surface area contributed by atoms with Crippen LogP contribution in [0.3, 0.4) is 0 Å². The summed E-state index contributed by atoms with van der Waals surface area (Å²) < 4.78 is 23.3. The highest BCUT2D eigenvalue weighted by atomic mass is 19.1. The van der Waals surface area contributed by atoms with Crippen LogP contribution < -0.4 is 0 Å². The lowest BCUT2D eigenvalue weighted by molar-refractivity contribution is 0.0769. The summed E-state index contributed by atoms with van der Waals surface area (Å²) in [4.78, 5) is 18.5. The summed E-state index contributed by atoms with van der Waals surface area (Å²) in [6.45, 7) is 0.712. The average molecular weight is 369 g/mol. The number of halogens is 1. The van der Waals surface area contributed by atoms with Crippen molar-refractivity contribution in [1.82, 2.24) is 15.0 Å². The van der Waals surface area contributed by atoms with E-state index in [1.165, 1.54) is 17.0 Å². The SMILES string of the molecule is COCCc1noc(CN(C)C(=O)c2cccc(-c3ccc(F)cc3)c2)n1. The van der Waals surface area contributed by atoms with E-state index in [-0.39, 0.29) is 18.3 Å². The molecule has 0 unspecified atom stereocenters. The molecule has 1 aromatic heterocycles. The van der Waals surface area contributed by atoms with E-state index in [9.17, 15) is 9.18 Å². The van der Waals surface area contributed by atoms with Crippen LogP contribution in [0.15, 0.2) is 53.1 Å². The molecule has 0 saturated heterocycles.